The molecule has 0 spiro atoms. The molecule has 3 aromatic carbocycles. The predicted molar refractivity (Wildman–Crippen MR) is 129 cm³/mol. The van der Waals surface area contributed by atoms with Crippen LogP contribution in [0.5, 0.6) is 0 Å². The highest BCUT2D eigenvalue weighted by Crippen LogP contribution is 2.33. The third kappa shape index (κ3) is 4.27. The van der Waals surface area contributed by atoms with Gasteiger partial charge in [0.25, 0.3) is 0 Å². The molecule has 0 saturated carbocycles. The van der Waals surface area contributed by atoms with Crippen molar-refractivity contribution in [1.29, 1.82) is 0 Å². The molecule has 3 aromatic rings. The summed E-state index contributed by atoms with van der Waals surface area (Å²) in [5.74, 6) is 1.52. The van der Waals surface area contributed by atoms with E-state index in [1.807, 2.05) is 85.1 Å². The molecule has 2 aliphatic rings. The first kappa shape index (κ1) is 19.6. The van der Waals surface area contributed by atoms with Crippen molar-refractivity contribution in [2.45, 2.75) is 0 Å². The maximum absolute atomic E-state index is 6.23. The second-order valence-electron chi connectivity index (χ2n) is 7.25. The van der Waals surface area contributed by atoms with E-state index < -0.39 is 0 Å². The zero-order valence-electron chi connectivity index (χ0n) is 16.5. The summed E-state index contributed by atoms with van der Waals surface area (Å²) in [7, 11) is 0. The SMILES string of the molecule is Clc1ccc(C2=C/C(=C\C=C3/C=[NH+]c4ccccc43)OC(c3ccc(Cl)cc3)=C2)cc1. The number of nitrogens with one attached hydrogen (secondary N) is 1. The molecule has 2 nitrogen and oxygen atoms in total. The minimum atomic E-state index is 0.692. The number of para-hydroxylation sites is 1. The monoisotopic (exact) mass is 442 g/mol. The van der Waals surface area contributed by atoms with Gasteiger partial charge in [-0.1, -0.05) is 47.5 Å². The van der Waals surface area contributed by atoms with Crippen LogP contribution < -0.4 is 4.99 Å². The molecule has 1 N–H and O–H groups in total. The van der Waals surface area contributed by atoms with Gasteiger partial charge in [0.15, 0.2) is 6.21 Å². The molecule has 0 aromatic heterocycles. The zero-order valence-corrected chi connectivity index (χ0v) is 18.0. The Balaban J connectivity index is 1.54. The molecule has 0 unspecified atom stereocenters. The van der Waals surface area contributed by atoms with Gasteiger partial charge in [-0.15, -0.1) is 0 Å². The lowest BCUT2D eigenvalue weighted by Gasteiger charge is -2.18. The Labute approximate surface area is 191 Å². The van der Waals surface area contributed by atoms with Crippen molar-refractivity contribution in [1.82, 2.24) is 0 Å². The van der Waals surface area contributed by atoms with Crippen LogP contribution >= 0.6 is 23.2 Å². The molecule has 0 fully saturated rings. The number of benzene rings is 3. The van der Waals surface area contributed by atoms with E-state index in [1.54, 1.807) is 0 Å². The summed E-state index contributed by atoms with van der Waals surface area (Å²) < 4.78 is 6.23. The Hall–Kier alpha value is -3.33. The summed E-state index contributed by atoms with van der Waals surface area (Å²) in [6.45, 7) is 0. The summed E-state index contributed by atoms with van der Waals surface area (Å²) in [5.41, 5.74) is 6.46. The topological polar surface area (TPSA) is 23.2 Å². The highest BCUT2D eigenvalue weighted by atomic mass is 35.5. The average Bonchev–Trinajstić information content (AvgIpc) is 3.22. The molecule has 0 aliphatic carbocycles. The Bertz CT molecular complexity index is 1290. The lowest BCUT2D eigenvalue weighted by molar-refractivity contribution is -0.342. The summed E-state index contributed by atoms with van der Waals surface area (Å²) >= 11 is 12.2. The first-order chi connectivity index (χ1) is 15.2. The largest absolute Gasteiger partial charge is 0.457 e. The van der Waals surface area contributed by atoms with Crippen LogP contribution in [0.4, 0.5) is 5.69 Å². The van der Waals surface area contributed by atoms with Crippen molar-refractivity contribution < 1.29 is 9.73 Å². The van der Waals surface area contributed by atoms with Crippen molar-refractivity contribution >= 4 is 52.0 Å². The van der Waals surface area contributed by atoms with Crippen molar-refractivity contribution in [3.63, 3.8) is 0 Å². The van der Waals surface area contributed by atoms with Gasteiger partial charge in [-0.2, -0.15) is 0 Å². The van der Waals surface area contributed by atoms with E-state index in [-0.39, 0.29) is 0 Å². The number of ether oxygens (including phenoxy) is 1. The zero-order chi connectivity index (χ0) is 21.2. The molecule has 150 valence electrons. The maximum Gasteiger partial charge on any atom is 0.211 e. The fourth-order valence-electron chi connectivity index (χ4n) is 3.57. The van der Waals surface area contributed by atoms with Gasteiger partial charge in [0.1, 0.15) is 11.5 Å². The van der Waals surface area contributed by atoms with Crippen molar-refractivity contribution in [2.24, 2.45) is 0 Å². The van der Waals surface area contributed by atoms with E-state index in [1.165, 1.54) is 5.56 Å². The molecule has 0 saturated heterocycles. The standard InChI is InChI=1S/C27H17Cl2NO/c28-22-10-5-18(6-11-22)21-15-24(31-27(16-21)19-7-12-23(29)13-8-19)14-9-20-17-30-26-4-2-1-3-25(20)26/h1-17H/p+1/b20-9+,24-14+. The molecule has 31 heavy (non-hydrogen) atoms. The number of allylic oxidation sites excluding steroid dienone is 6. The van der Waals surface area contributed by atoms with Crippen LogP contribution in [-0.2, 0) is 4.74 Å². The normalized spacial score (nSPS) is 17.4. The fraction of sp³-hybridized carbons (Fsp3) is 0. The first-order valence-corrected chi connectivity index (χ1v) is 10.7. The van der Waals surface area contributed by atoms with Gasteiger partial charge >= 0.3 is 0 Å². The lowest BCUT2D eigenvalue weighted by Crippen LogP contribution is -2.58. The molecule has 0 radical (unpaired) electrons. The Morgan fingerprint density at radius 3 is 2.13 bits per heavy atom. The number of halogens is 2. The van der Waals surface area contributed by atoms with Gasteiger partial charge in [0, 0.05) is 21.7 Å². The molecular formula is C27H18Cl2NO+. The van der Waals surface area contributed by atoms with Gasteiger partial charge in [-0.05, 0) is 77.9 Å². The minimum absolute atomic E-state index is 0.692. The number of rotatable bonds is 3. The number of hydrogen-bond donors (Lipinski definition) is 1. The summed E-state index contributed by atoms with van der Waals surface area (Å²) in [5, 5.41) is 1.40. The Kier molecular flexibility index (Phi) is 5.33. The van der Waals surface area contributed by atoms with Crippen molar-refractivity contribution in [2.75, 3.05) is 0 Å². The Morgan fingerprint density at radius 1 is 0.710 bits per heavy atom. The molecule has 2 heterocycles. The summed E-state index contributed by atoms with van der Waals surface area (Å²) in [6, 6.07) is 23.7. The predicted octanol–water partition coefficient (Wildman–Crippen LogP) is 6.21. The van der Waals surface area contributed by atoms with Crippen molar-refractivity contribution in [3.05, 3.63) is 130 Å². The van der Waals surface area contributed by atoms with E-state index >= 15 is 0 Å². The van der Waals surface area contributed by atoms with E-state index in [0.29, 0.717) is 10.0 Å². The molecule has 0 amide bonds. The molecule has 4 heteroatoms. The highest BCUT2D eigenvalue weighted by molar-refractivity contribution is 6.30. The van der Waals surface area contributed by atoms with Gasteiger partial charge in [0.2, 0.25) is 5.69 Å². The van der Waals surface area contributed by atoms with E-state index in [2.05, 4.69) is 23.2 Å². The minimum Gasteiger partial charge on any atom is -0.457 e. The van der Waals surface area contributed by atoms with Crippen LogP contribution in [-0.4, -0.2) is 6.21 Å². The fourth-order valence-corrected chi connectivity index (χ4v) is 3.83. The third-order valence-electron chi connectivity index (χ3n) is 5.17. The Morgan fingerprint density at radius 2 is 1.39 bits per heavy atom. The van der Waals surface area contributed by atoms with Crippen LogP contribution in [0.2, 0.25) is 10.0 Å². The maximum atomic E-state index is 6.23. The molecular weight excluding hydrogens is 425 g/mol. The van der Waals surface area contributed by atoms with Crippen molar-refractivity contribution in [3.8, 4) is 0 Å². The molecule has 5 rings (SSSR count). The van der Waals surface area contributed by atoms with Crippen LogP contribution in [0.3, 0.4) is 0 Å². The van der Waals surface area contributed by atoms with E-state index in [9.17, 15) is 0 Å². The number of fused-ring (bicyclic) bond motifs is 1. The average molecular weight is 443 g/mol. The first-order valence-electron chi connectivity index (χ1n) is 9.90. The van der Waals surface area contributed by atoms with E-state index in [0.717, 1.165) is 39.5 Å². The van der Waals surface area contributed by atoms with Crippen LogP contribution in [0.1, 0.15) is 16.7 Å². The van der Waals surface area contributed by atoms with E-state index in [4.69, 9.17) is 27.9 Å². The molecule has 0 atom stereocenters. The lowest BCUT2D eigenvalue weighted by atomic mass is 10.00. The second-order valence-corrected chi connectivity index (χ2v) is 8.12. The number of hydrogen-bond acceptors (Lipinski definition) is 1. The van der Waals surface area contributed by atoms with Crippen LogP contribution in [0.15, 0.2) is 103 Å². The van der Waals surface area contributed by atoms with Gasteiger partial charge < -0.3 is 4.74 Å². The van der Waals surface area contributed by atoms with Gasteiger partial charge in [0.05, 0.1) is 11.1 Å². The quantitative estimate of drug-likeness (QED) is 0.511. The third-order valence-corrected chi connectivity index (χ3v) is 5.67. The van der Waals surface area contributed by atoms with Gasteiger partial charge in [-0.25, -0.2) is 4.99 Å². The molecule has 0 bridgehead atoms. The van der Waals surface area contributed by atoms with Crippen LogP contribution in [0, 0.1) is 0 Å². The smallest absolute Gasteiger partial charge is 0.211 e. The second kappa shape index (κ2) is 8.43. The van der Waals surface area contributed by atoms with Crippen LogP contribution in [0.25, 0.3) is 16.9 Å². The summed E-state index contributed by atoms with van der Waals surface area (Å²) in [4.78, 5) is 3.30. The van der Waals surface area contributed by atoms with Gasteiger partial charge in [-0.3, -0.25) is 0 Å². The summed E-state index contributed by atoms with van der Waals surface area (Å²) in [6.07, 6.45) is 10.1. The highest BCUT2D eigenvalue weighted by Gasteiger charge is 2.18. The molecule has 2 aliphatic heterocycles.